The first-order valence-corrected chi connectivity index (χ1v) is 21.0. The van der Waals surface area contributed by atoms with Gasteiger partial charge >= 0.3 is 31.8 Å². The van der Waals surface area contributed by atoms with Crippen molar-refractivity contribution in [3.05, 3.63) is 24.3 Å². The number of nitrogens with zero attached hydrogens (tertiary/aromatic N) is 1. The molecule has 15 heteroatoms. The highest BCUT2D eigenvalue weighted by atomic mass is 31.2. The van der Waals surface area contributed by atoms with Crippen molar-refractivity contribution in [2.45, 2.75) is 145 Å². The second-order valence-electron chi connectivity index (χ2n) is 15.3. The molecule has 2 fully saturated rings. The van der Waals surface area contributed by atoms with Gasteiger partial charge in [-0.3, -0.25) is 14.4 Å². The van der Waals surface area contributed by atoms with E-state index in [4.69, 9.17) is 37.6 Å². The van der Waals surface area contributed by atoms with Crippen molar-refractivity contribution in [3.63, 3.8) is 0 Å². The number of hydrogen-bond donors (Lipinski definition) is 0. The minimum Gasteiger partial charge on any atom is -0.464 e. The first-order chi connectivity index (χ1) is 25.6. The number of rotatable bonds is 22. The van der Waals surface area contributed by atoms with Gasteiger partial charge in [0.15, 0.2) is 0 Å². The number of hydroxylamine groups is 1. The Hall–Kier alpha value is -2.77. The van der Waals surface area contributed by atoms with Crippen LogP contribution >= 0.6 is 7.75 Å². The van der Waals surface area contributed by atoms with E-state index in [1.54, 1.807) is 41.5 Å². The molecule has 0 aromatic rings. The third-order valence-corrected chi connectivity index (χ3v) is 11.6. The fourth-order valence-corrected chi connectivity index (χ4v) is 7.77. The predicted octanol–water partition coefficient (Wildman–Crippen LogP) is 8.98. The Morgan fingerprint density at radius 1 is 0.833 bits per heavy atom. The van der Waals surface area contributed by atoms with Gasteiger partial charge in [0.05, 0.1) is 36.8 Å². The molecule has 54 heavy (non-hydrogen) atoms. The van der Waals surface area contributed by atoms with Crippen LogP contribution in [0.4, 0.5) is 4.79 Å². The molecule has 0 saturated carbocycles. The fraction of sp³-hybridized carbons (Fsp3) is 0.795. The van der Waals surface area contributed by atoms with Gasteiger partial charge in [0.1, 0.15) is 6.04 Å². The minimum absolute atomic E-state index is 0.0800. The number of cyclic esters (lactones) is 1. The fourth-order valence-electron chi connectivity index (χ4n) is 6.18. The average Bonchev–Trinajstić information content (AvgIpc) is 3.62. The molecule has 0 radical (unpaired) electrons. The summed E-state index contributed by atoms with van der Waals surface area (Å²) in [6.45, 7) is 11.9. The molecule has 14 nitrogen and oxygen atoms in total. The van der Waals surface area contributed by atoms with Gasteiger partial charge in [-0.15, -0.1) is 0 Å². The SMILES string of the molecule is CCCCC/C=C\C/C=C\CCCCCCCCOC(=O)[C@H](C)N(OCOC(=O)OC(C)C)P1(=O)OCOC(=O)C(C)(C)C2COCC2C(C)(C)C(=O)O1. The number of esters is 2. The molecule has 0 aromatic carbocycles. The molecule has 0 aromatic heterocycles. The topological polar surface area (TPSA) is 162 Å². The standard InChI is InChI=1S/C39H66NO13P/c1-9-10-11-12-13-14-15-16-17-18-19-20-21-22-23-24-25-47-34(41)31(4)40(50-28-49-37(44)52-30(2)3)54(45)51-29-48-35(42)38(5,6)32-26-46-27-33(32)39(7,8)36(43)53-54/h13-14,16-17,30-33H,9-12,15,18-29H2,1-8H3/b14-13-,17-16-/t31-,32?,33?,54?/m0/s1. The van der Waals surface area contributed by atoms with E-state index in [1.165, 1.54) is 26.2 Å². The first kappa shape index (κ1) is 47.4. The van der Waals surface area contributed by atoms with Crippen molar-refractivity contribution < 1.29 is 61.3 Å². The normalized spacial score (nSPS) is 23.5. The predicted molar refractivity (Wildman–Crippen MR) is 201 cm³/mol. The molecule has 3 unspecified atom stereocenters. The van der Waals surface area contributed by atoms with Gasteiger partial charge in [-0.25, -0.2) is 18.7 Å². The molecule has 2 rings (SSSR count). The van der Waals surface area contributed by atoms with Gasteiger partial charge in [-0.1, -0.05) is 74.6 Å². The van der Waals surface area contributed by atoms with Crippen LogP contribution in [-0.2, 0) is 56.5 Å². The number of allylic oxidation sites excluding steroid dienone is 4. The van der Waals surface area contributed by atoms with Crippen LogP contribution in [0, 0.1) is 22.7 Å². The number of hydrogen-bond acceptors (Lipinski definition) is 13. The third kappa shape index (κ3) is 15.4. The maximum absolute atomic E-state index is 14.5. The van der Waals surface area contributed by atoms with Crippen LogP contribution in [0.25, 0.3) is 0 Å². The maximum Gasteiger partial charge on any atom is 0.510 e. The van der Waals surface area contributed by atoms with E-state index in [9.17, 15) is 23.7 Å². The highest BCUT2D eigenvalue weighted by molar-refractivity contribution is 7.51. The Balaban J connectivity index is 2.01. The monoisotopic (exact) mass is 787 g/mol. The van der Waals surface area contributed by atoms with Crippen molar-refractivity contribution >= 4 is 31.8 Å². The van der Waals surface area contributed by atoms with Crippen molar-refractivity contribution in [1.29, 1.82) is 0 Å². The molecule has 310 valence electrons. The molecule has 0 amide bonds. The van der Waals surface area contributed by atoms with Crippen molar-refractivity contribution in [1.82, 2.24) is 4.83 Å². The van der Waals surface area contributed by atoms with Gasteiger partial charge < -0.3 is 28.2 Å². The summed E-state index contributed by atoms with van der Waals surface area (Å²) < 4.78 is 51.9. The summed E-state index contributed by atoms with van der Waals surface area (Å²) in [6, 6.07) is -1.50. The Bertz CT molecular complexity index is 1280. The number of fused-ring (bicyclic) bond motifs is 1. The number of unbranched alkanes of at least 4 members (excludes halogenated alkanes) is 9. The van der Waals surface area contributed by atoms with Crippen molar-refractivity contribution in [2.24, 2.45) is 22.7 Å². The highest BCUT2D eigenvalue weighted by Crippen LogP contribution is 2.57. The zero-order valence-corrected chi connectivity index (χ0v) is 34.7. The van der Waals surface area contributed by atoms with Crippen LogP contribution < -0.4 is 0 Å². The Kier molecular flexibility index (Phi) is 21.1. The molecule has 0 bridgehead atoms. The largest absolute Gasteiger partial charge is 0.510 e. The van der Waals surface area contributed by atoms with E-state index in [0.717, 1.165) is 51.4 Å². The minimum atomic E-state index is -4.97. The van der Waals surface area contributed by atoms with Crippen molar-refractivity contribution in [2.75, 3.05) is 33.4 Å². The van der Waals surface area contributed by atoms with Gasteiger partial charge in [-0.2, -0.15) is 0 Å². The van der Waals surface area contributed by atoms with E-state index in [-0.39, 0.29) is 19.8 Å². The summed E-state index contributed by atoms with van der Waals surface area (Å²) >= 11 is 0. The Labute approximate surface area is 322 Å². The van der Waals surface area contributed by atoms with Crippen LogP contribution in [0.5, 0.6) is 0 Å². The number of carbonyl (C=O) groups excluding carboxylic acids is 4. The summed E-state index contributed by atoms with van der Waals surface area (Å²) in [5, 5.41) is 0. The lowest BCUT2D eigenvalue weighted by Gasteiger charge is -2.38. The van der Waals surface area contributed by atoms with Gasteiger partial charge in [0, 0.05) is 11.8 Å². The van der Waals surface area contributed by atoms with E-state index in [0.29, 0.717) is 11.3 Å². The first-order valence-electron chi connectivity index (χ1n) is 19.5. The smallest absolute Gasteiger partial charge is 0.464 e. The third-order valence-electron chi connectivity index (χ3n) is 9.79. The van der Waals surface area contributed by atoms with E-state index in [1.807, 2.05) is 0 Å². The summed E-state index contributed by atoms with van der Waals surface area (Å²) in [4.78, 5) is 58.4. The molecular formula is C39H66NO13P. The van der Waals surface area contributed by atoms with Gasteiger partial charge in [0.25, 0.3) is 0 Å². The Morgan fingerprint density at radius 2 is 1.41 bits per heavy atom. The van der Waals surface area contributed by atoms with Crippen LogP contribution in [0.2, 0.25) is 0 Å². The van der Waals surface area contributed by atoms with Crippen LogP contribution in [-0.4, -0.2) is 74.4 Å². The van der Waals surface area contributed by atoms with Crippen LogP contribution in [0.3, 0.4) is 0 Å². The molecule has 0 spiro atoms. The molecule has 2 aliphatic heterocycles. The molecular weight excluding hydrogens is 721 g/mol. The summed E-state index contributed by atoms with van der Waals surface area (Å²) in [7, 11) is -4.97. The maximum atomic E-state index is 14.5. The molecule has 0 aliphatic carbocycles. The summed E-state index contributed by atoms with van der Waals surface area (Å²) in [5.41, 5.74) is -2.44. The average molecular weight is 788 g/mol. The van der Waals surface area contributed by atoms with Crippen LogP contribution in [0.1, 0.15) is 132 Å². The number of carbonyl (C=O) groups is 4. The number of ether oxygens (including phenoxy) is 5. The zero-order chi connectivity index (χ0) is 40.2. The quantitative estimate of drug-likeness (QED) is 0.0194. The summed E-state index contributed by atoms with van der Waals surface area (Å²) in [5.74, 6) is -3.46. The lowest BCUT2D eigenvalue weighted by molar-refractivity contribution is -0.207. The molecule has 2 aliphatic rings. The van der Waals surface area contributed by atoms with E-state index in [2.05, 4.69) is 31.2 Å². The van der Waals surface area contributed by atoms with E-state index < -0.39 is 80.2 Å². The molecule has 4 atom stereocenters. The highest BCUT2D eigenvalue weighted by Gasteiger charge is 2.56. The second-order valence-corrected chi connectivity index (χ2v) is 17.0. The van der Waals surface area contributed by atoms with Crippen LogP contribution in [0.15, 0.2) is 24.3 Å². The van der Waals surface area contributed by atoms with Gasteiger partial charge in [-0.05, 0) is 87.0 Å². The molecule has 0 N–H and O–H groups in total. The lowest BCUT2D eigenvalue weighted by atomic mass is 9.64. The van der Waals surface area contributed by atoms with Gasteiger partial charge in [0.2, 0.25) is 13.6 Å². The molecule has 2 heterocycles. The van der Waals surface area contributed by atoms with E-state index >= 15 is 0 Å². The molecule has 2 saturated heterocycles. The Morgan fingerprint density at radius 3 is 2.02 bits per heavy atom. The zero-order valence-electron chi connectivity index (χ0n) is 33.8. The lowest BCUT2D eigenvalue weighted by Crippen LogP contribution is -2.46. The second kappa shape index (κ2) is 24.0. The summed E-state index contributed by atoms with van der Waals surface area (Å²) in [6.07, 6.45) is 20.0. The van der Waals surface area contributed by atoms with Crippen molar-refractivity contribution in [3.8, 4) is 0 Å².